The maximum Gasteiger partial charge on any atom is 0.292 e. The number of hydrogen-bond donors (Lipinski definition) is 2. The van der Waals surface area contributed by atoms with Crippen LogP contribution in [-0.2, 0) is 0 Å². The lowest BCUT2D eigenvalue weighted by molar-refractivity contribution is 0.167. The van der Waals surface area contributed by atoms with E-state index in [9.17, 15) is 13.6 Å². The van der Waals surface area contributed by atoms with Crippen LogP contribution in [0.2, 0.25) is 0 Å². The molecule has 1 fully saturated rings. The van der Waals surface area contributed by atoms with Crippen molar-refractivity contribution < 1.29 is 13.6 Å². The minimum atomic E-state index is -0.851. The highest BCUT2D eigenvalue weighted by molar-refractivity contribution is 6.28. The first-order valence-corrected chi connectivity index (χ1v) is 11.8. The van der Waals surface area contributed by atoms with Crippen molar-refractivity contribution in [3.8, 4) is 0 Å². The number of aromatic nitrogens is 3. The maximum atomic E-state index is 14.8. The van der Waals surface area contributed by atoms with Crippen LogP contribution in [0.1, 0.15) is 5.56 Å². The van der Waals surface area contributed by atoms with Crippen molar-refractivity contribution in [3.05, 3.63) is 82.3 Å². The predicted octanol–water partition coefficient (Wildman–Crippen LogP) is 3.56. The molecule has 8 nitrogen and oxygen atoms in total. The van der Waals surface area contributed by atoms with Gasteiger partial charge in [0, 0.05) is 49.0 Å². The molecule has 2 aliphatic rings. The summed E-state index contributed by atoms with van der Waals surface area (Å²) >= 11 is 6.33. The molecule has 2 N–H and O–H groups in total. The first-order valence-electron chi connectivity index (χ1n) is 11.3. The third-order valence-electron chi connectivity index (χ3n) is 6.00. The number of pyridine rings is 1. The van der Waals surface area contributed by atoms with E-state index in [1.165, 1.54) is 37.6 Å². The standard InChI is InChI=1S/C25H23ClF2N6O2/c1-36-34-23-15(12-17(24(34)35)22-18(26)4-2-3-5-19(22)27)14-30-25(32-23)31-16-6-7-21(20(28)13-16)33-10-8-29-9-11-33/h2-7,12-14,18,29H,8-11H2,1H3,(H,30,31,32). The number of nitrogens with one attached hydrogen (secondary N) is 2. The Morgan fingerprint density at radius 3 is 2.75 bits per heavy atom. The van der Waals surface area contributed by atoms with Gasteiger partial charge in [-0.15, -0.1) is 16.3 Å². The third kappa shape index (κ3) is 4.57. The summed E-state index contributed by atoms with van der Waals surface area (Å²) in [5.41, 5.74) is 0.580. The Morgan fingerprint density at radius 2 is 2.00 bits per heavy atom. The van der Waals surface area contributed by atoms with Crippen molar-refractivity contribution in [2.75, 3.05) is 43.5 Å². The zero-order chi connectivity index (χ0) is 25.2. The quantitative estimate of drug-likeness (QED) is 0.506. The molecule has 5 rings (SSSR count). The van der Waals surface area contributed by atoms with Gasteiger partial charge in [-0.05, 0) is 30.3 Å². The van der Waals surface area contributed by atoms with Crippen LogP contribution in [0.5, 0.6) is 0 Å². The van der Waals surface area contributed by atoms with E-state index in [0.29, 0.717) is 16.8 Å². The highest BCUT2D eigenvalue weighted by atomic mass is 35.5. The van der Waals surface area contributed by atoms with Crippen LogP contribution in [0.25, 0.3) is 16.6 Å². The molecule has 3 heterocycles. The fourth-order valence-corrected chi connectivity index (χ4v) is 4.57. The zero-order valence-electron chi connectivity index (χ0n) is 19.3. The van der Waals surface area contributed by atoms with Crippen LogP contribution in [0.3, 0.4) is 0 Å². The second-order valence-corrected chi connectivity index (χ2v) is 8.72. The van der Waals surface area contributed by atoms with Crippen molar-refractivity contribution in [1.29, 1.82) is 0 Å². The number of allylic oxidation sites excluding steroid dienone is 6. The van der Waals surface area contributed by atoms with E-state index in [1.54, 1.807) is 24.3 Å². The highest BCUT2D eigenvalue weighted by Gasteiger charge is 2.23. The molecule has 11 heteroatoms. The largest absolute Gasteiger partial charge is 0.412 e. The predicted molar refractivity (Wildman–Crippen MR) is 137 cm³/mol. The van der Waals surface area contributed by atoms with Crippen LogP contribution in [0, 0.1) is 5.82 Å². The molecular formula is C25H23ClF2N6O2. The number of alkyl halides is 1. The molecule has 36 heavy (non-hydrogen) atoms. The van der Waals surface area contributed by atoms with Crippen LogP contribution in [0.4, 0.5) is 26.1 Å². The molecule has 0 amide bonds. The van der Waals surface area contributed by atoms with Crippen molar-refractivity contribution in [3.63, 3.8) is 0 Å². The number of anilines is 3. The summed E-state index contributed by atoms with van der Waals surface area (Å²) in [5, 5.41) is 5.79. The molecule has 3 aromatic rings. The van der Waals surface area contributed by atoms with Gasteiger partial charge < -0.3 is 20.4 Å². The summed E-state index contributed by atoms with van der Waals surface area (Å²) in [7, 11) is 1.31. The fraction of sp³-hybridized carbons (Fsp3) is 0.240. The average Bonchev–Trinajstić information content (AvgIpc) is 3.04. The van der Waals surface area contributed by atoms with E-state index >= 15 is 0 Å². The van der Waals surface area contributed by atoms with Gasteiger partial charge in [-0.1, -0.05) is 18.2 Å². The van der Waals surface area contributed by atoms with E-state index in [1.807, 2.05) is 4.90 Å². The average molecular weight is 513 g/mol. The lowest BCUT2D eigenvalue weighted by Crippen LogP contribution is -2.43. The summed E-state index contributed by atoms with van der Waals surface area (Å²) in [4.78, 5) is 29.2. The number of fused-ring (bicyclic) bond motifs is 1. The Labute approximate surface area is 210 Å². The van der Waals surface area contributed by atoms with Gasteiger partial charge in [0.1, 0.15) is 18.8 Å². The third-order valence-corrected chi connectivity index (χ3v) is 6.37. The molecule has 186 valence electrons. The first-order chi connectivity index (χ1) is 17.5. The summed E-state index contributed by atoms with van der Waals surface area (Å²) in [6.07, 6.45) is 7.41. The van der Waals surface area contributed by atoms with E-state index in [4.69, 9.17) is 16.4 Å². The lowest BCUT2D eigenvalue weighted by Gasteiger charge is -2.29. The molecule has 0 bridgehead atoms. The number of hydrogen-bond acceptors (Lipinski definition) is 7. The van der Waals surface area contributed by atoms with E-state index in [0.717, 1.165) is 30.9 Å². The number of halogens is 3. The zero-order valence-corrected chi connectivity index (χ0v) is 20.1. The number of rotatable bonds is 5. The molecule has 1 saturated heterocycles. The fourth-order valence-electron chi connectivity index (χ4n) is 4.26. The van der Waals surface area contributed by atoms with E-state index in [-0.39, 0.29) is 28.5 Å². The van der Waals surface area contributed by atoms with Crippen LogP contribution >= 0.6 is 11.6 Å². The van der Waals surface area contributed by atoms with Gasteiger partial charge >= 0.3 is 0 Å². The van der Waals surface area contributed by atoms with Gasteiger partial charge in [0.15, 0.2) is 5.65 Å². The Bertz CT molecular complexity index is 1460. The van der Waals surface area contributed by atoms with Gasteiger partial charge in [-0.25, -0.2) is 13.8 Å². The van der Waals surface area contributed by atoms with Gasteiger partial charge in [0.05, 0.1) is 16.6 Å². The number of nitrogens with zero attached hydrogens (tertiary/aromatic N) is 4. The Kier molecular flexibility index (Phi) is 6.71. The van der Waals surface area contributed by atoms with Gasteiger partial charge in [-0.2, -0.15) is 4.98 Å². The summed E-state index contributed by atoms with van der Waals surface area (Å²) < 4.78 is 30.5. The van der Waals surface area contributed by atoms with Gasteiger partial charge in [0.25, 0.3) is 5.56 Å². The Hall–Kier alpha value is -3.76. The summed E-state index contributed by atoms with van der Waals surface area (Å²) in [5.74, 6) is -0.848. The van der Waals surface area contributed by atoms with E-state index < -0.39 is 16.8 Å². The molecule has 0 spiro atoms. The summed E-state index contributed by atoms with van der Waals surface area (Å²) in [6, 6.07) is 6.31. The van der Waals surface area contributed by atoms with Crippen LogP contribution in [0.15, 0.2) is 65.4 Å². The lowest BCUT2D eigenvalue weighted by atomic mass is 10.0. The minimum Gasteiger partial charge on any atom is -0.412 e. The van der Waals surface area contributed by atoms with Crippen molar-refractivity contribution in [2.45, 2.75) is 5.38 Å². The molecule has 1 unspecified atom stereocenters. The normalized spacial score (nSPS) is 18.0. The second-order valence-electron chi connectivity index (χ2n) is 8.25. The SMILES string of the molecule is COn1c(=O)c(C2=C(F)C=CC=CC2Cl)cc2cnc(Nc3ccc(N4CCNCC4)c(F)c3)nc21. The molecule has 2 aromatic heterocycles. The molecule has 1 aromatic carbocycles. The molecule has 1 aliphatic carbocycles. The Morgan fingerprint density at radius 1 is 1.19 bits per heavy atom. The van der Waals surface area contributed by atoms with Crippen LogP contribution < -0.4 is 25.9 Å². The van der Waals surface area contributed by atoms with Crippen molar-refractivity contribution in [2.24, 2.45) is 0 Å². The molecule has 1 atom stereocenters. The second kappa shape index (κ2) is 10.1. The Balaban J connectivity index is 1.49. The van der Waals surface area contributed by atoms with Crippen LogP contribution in [-0.4, -0.2) is 53.4 Å². The molecular weight excluding hydrogens is 490 g/mol. The number of benzene rings is 1. The van der Waals surface area contributed by atoms with Gasteiger partial charge in [-0.3, -0.25) is 4.79 Å². The molecule has 0 saturated carbocycles. The molecule has 0 radical (unpaired) electrons. The molecule has 1 aliphatic heterocycles. The van der Waals surface area contributed by atoms with Gasteiger partial charge in [0.2, 0.25) is 5.95 Å². The number of piperazine rings is 1. The highest BCUT2D eigenvalue weighted by Crippen LogP contribution is 2.30. The monoisotopic (exact) mass is 512 g/mol. The first kappa shape index (κ1) is 24.0. The minimum absolute atomic E-state index is 0.0293. The smallest absolute Gasteiger partial charge is 0.292 e. The topological polar surface area (TPSA) is 84.3 Å². The maximum absolute atomic E-state index is 14.8. The van der Waals surface area contributed by atoms with E-state index in [2.05, 4.69) is 20.6 Å². The summed E-state index contributed by atoms with van der Waals surface area (Å²) in [6.45, 7) is 3.06. The van der Waals surface area contributed by atoms with Crippen molar-refractivity contribution in [1.82, 2.24) is 20.0 Å². The van der Waals surface area contributed by atoms with Crippen molar-refractivity contribution >= 4 is 45.5 Å².